The summed E-state index contributed by atoms with van der Waals surface area (Å²) in [6.45, 7) is 1.88. The van der Waals surface area contributed by atoms with Crippen molar-refractivity contribution >= 4 is 17.3 Å². The highest BCUT2D eigenvalue weighted by Crippen LogP contribution is 2.31. The molecular weight excluding hydrogens is 241 g/mol. The molecule has 88 valence electrons. The summed E-state index contributed by atoms with van der Waals surface area (Å²) in [5.41, 5.74) is 6.98. The Morgan fingerprint density at radius 3 is 2.65 bits per heavy atom. The van der Waals surface area contributed by atoms with E-state index in [1.54, 1.807) is 12.1 Å². The average molecular weight is 252 g/mol. The number of halogens is 2. The number of nitrogen functional groups attached to an aromatic ring is 1. The molecule has 0 unspecified atom stereocenters. The third-order valence-electron chi connectivity index (χ3n) is 2.35. The lowest BCUT2D eigenvalue weighted by Gasteiger charge is -2.11. The number of nitrogens with two attached hydrogens (primary N) is 1. The van der Waals surface area contributed by atoms with Crippen LogP contribution >= 0.6 is 11.6 Å². The molecule has 0 saturated heterocycles. The van der Waals surface area contributed by atoms with E-state index in [1.807, 2.05) is 13.0 Å². The molecule has 17 heavy (non-hydrogen) atoms. The van der Waals surface area contributed by atoms with E-state index >= 15 is 0 Å². The molecule has 0 aromatic heterocycles. The zero-order valence-electron chi connectivity index (χ0n) is 9.21. The molecule has 0 aliphatic carbocycles. The molecular formula is C13H11ClFNO. The highest BCUT2D eigenvalue weighted by atomic mass is 35.5. The number of ether oxygens (including phenoxy) is 1. The van der Waals surface area contributed by atoms with Crippen LogP contribution in [0.3, 0.4) is 0 Å². The normalized spacial score (nSPS) is 10.3. The van der Waals surface area contributed by atoms with Gasteiger partial charge in [-0.2, -0.15) is 0 Å². The summed E-state index contributed by atoms with van der Waals surface area (Å²) in [5.74, 6) is 0.457. The van der Waals surface area contributed by atoms with Gasteiger partial charge in [0.15, 0.2) is 5.75 Å². The minimum absolute atomic E-state index is 0.287. The van der Waals surface area contributed by atoms with E-state index in [9.17, 15) is 4.39 Å². The van der Waals surface area contributed by atoms with Crippen LogP contribution in [0.5, 0.6) is 11.5 Å². The van der Waals surface area contributed by atoms with E-state index in [1.165, 1.54) is 18.2 Å². The Labute approximate surface area is 104 Å². The van der Waals surface area contributed by atoms with Gasteiger partial charge in [0, 0.05) is 11.1 Å². The lowest BCUT2D eigenvalue weighted by molar-refractivity contribution is 0.475. The van der Waals surface area contributed by atoms with Crippen LogP contribution in [0.2, 0.25) is 5.02 Å². The summed E-state index contributed by atoms with van der Waals surface area (Å²) in [4.78, 5) is 0. The van der Waals surface area contributed by atoms with Gasteiger partial charge in [-0.05, 0) is 36.8 Å². The van der Waals surface area contributed by atoms with Crippen molar-refractivity contribution in [1.29, 1.82) is 0 Å². The van der Waals surface area contributed by atoms with Gasteiger partial charge in [0.1, 0.15) is 11.6 Å². The standard InChI is InChI=1S/C13H11ClFNO/c1-8-2-3-9(14)6-12(8)17-13-7-10(15)4-5-11(13)16/h2-7H,16H2,1H3. The molecule has 2 rings (SSSR count). The van der Waals surface area contributed by atoms with E-state index in [-0.39, 0.29) is 5.75 Å². The summed E-state index contributed by atoms with van der Waals surface area (Å²) in [6, 6.07) is 9.25. The van der Waals surface area contributed by atoms with Gasteiger partial charge in [-0.3, -0.25) is 0 Å². The first-order valence-electron chi connectivity index (χ1n) is 5.05. The van der Waals surface area contributed by atoms with Crippen molar-refractivity contribution < 1.29 is 9.13 Å². The fourth-order valence-electron chi connectivity index (χ4n) is 1.40. The second-order valence-corrected chi connectivity index (χ2v) is 4.13. The molecule has 2 aromatic rings. The largest absolute Gasteiger partial charge is 0.455 e. The van der Waals surface area contributed by atoms with Crippen LogP contribution in [0.1, 0.15) is 5.56 Å². The molecule has 4 heteroatoms. The van der Waals surface area contributed by atoms with Crippen LogP contribution in [0.4, 0.5) is 10.1 Å². The van der Waals surface area contributed by atoms with Gasteiger partial charge in [0.2, 0.25) is 0 Å². The Balaban J connectivity index is 2.37. The molecule has 0 atom stereocenters. The SMILES string of the molecule is Cc1ccc(Cl)cc1Oc1cc(F)ccc1N. The molecule has 2 nitrogen and oxygen atoms in total. The van der Waals surface area contributed by atoms with Gasteiger partial charge in [-0.1, -0.05) is 17.7 Å². The minimum atomic E-state index is -0.395. The number of aryl methyl sites for hydroxylation is 1. The van der Waals surface area contributed by atoms with Crippen molar-refractivity contribution in [3.05, 3.63) is 52.8 Å². The van der Waals surface area contributed by atoms with E-state index < -0.39 is 5.82 Å². The Morgan fingerprint density at radius 1 is 1.12 bits per heavy atom. The maximum absolute atomic E-state index is 13.1. The molecule has 0 aliphatic rings. The minimum Gasteiger partial charge on any atom is -0.455 e. The summed E-state index contributed by atoms with van der Waals surface area (Å²) in [6.07, 6.45) is 0. The Morgan fingerprint density at radius 2 is 1.88 bits per heavy atom. The molecule has 2 aromatic carbocycles. The number of hydrogen-bond donors (Lipinski definition) is 1. The van der Waals surface area contributed by atoms with Crippen molar-refractivity contribution in [2.75, 3.05) is 5.73 Å². The number of anilines is 1. The van der Waals surface area contributed by atoms with Gasteiger partial charge in [-0.25, -0.2) is 4.39 Å². The first kappa shape index (κ1) is 11.7. The van der Waals surface area contributed by atoms with Crippen molar-refractivity contribution in [3.8, 4) is 11.5 Å². The predicted octanol–water partition coefficient (Wildman–Crippen LogP) is 4.16. The first-order valence-corrected chi connectivity index (χ1v) is 5.43. The molecule has 0 radical (unpaired) electrons. The van der Waals surface area contributed by atoms with E-state index in [0.29, 0.717) is 16.5 Å². The monoisotopic (exact) mass is 251 g/mol. The van der Waals surface area contributed by atoms with Gasteiger partial charge in [0.05, 0.1) is 5.69 Å². The Bertz CT molecular complexity index is 508. The maximum atomic E-state index is 13.1. The predicted molar refractivity (Wildman–Crippen MR) is 67.1 cm³/mol. The summed E-state index contributed by atoms with van der Waals surface area (Å²) in [7, 11) is 0. The maximum Gasteiger partial charge on any atom is 0.153 e. The summed E-state index contributed by atoms with van der Waals surface area (Å²) in [5, 5.41) is 0.556. The quantitative estimate of drug-likeness (QED) is 0.814. The van der Waals surface area contributed by atoms with Gasteiger partial charge in [0.25, 0.3) is 0 Å². The van der Waals surface area contributed by atoms with Crippen LogP contribution in [-0.4, -0.2) is 0 Å². The zero-order chi connectivity index (χ0) is 12.4. The van der Waals surface area contributed by atoms with Crippen LogP contribution < -0.4 is 10.5 Å². The highest BCUT2D eigenvalue weighted by Gasteiger charge is 2.06. The van der Waals surface area contributed by atoms with Gasteiger partial charge >= 0.3 is 0 Å². The number of rotatable bonds is 2. The summed E-state index contributed by atoms with van der Waals surface area (Å²) >= 11 is 5.87. The average Bonchev–Trinajstić information content (AvgIpc) is 2.28. The third-order valence-corrected chi connectivity index (χ3v) is 2.58. The van der Waals surface area contributed by atoms with E-state index in [0.717, 1.165) is 5.56 Å². The fourth-order valence-corrected chi connectivity index (χ4v) is 1.56. The van der Waals surface area contributed by atoms with E-state index in [4.69, 9.17) is 22.1 Å². The number of hydrogen-bond acceptors (Lipinski definition) is 2. The topological polar surface area (TPSA) is 35.2 Å². The molecule has 0 fully saturated rings. The molecule has 0 amide bonds. The second kappa shape index (κ2) is 4.63. The second-order valence-electron chi connectivity index (χ2n) is 3.69. The summed E-state index contributed by atoms with van der Waals surface area (Å²) < 4.78 is 18.6. The van der Waals surface area contributed by atoms with Crippen LogP contribution in [0.25, 0.3) is 0 Å². The van der Waals surface area contributed by atoms with Crippen molar-refractivity contribution in [3.63, 3.8) is 0 Å². The molecule has 0 heterocycles. The lowest BCUT2D eigenvalue weighted by atomic mass is 10.2. The van der Waals surface area contributed by atoms with Gasteiger partial charge in [-0.15, -0.1) is 0 Å². The molecule has 0 bridgehead atoms. The van der Waals surface area contributed by atoms with Gasteiger partial charge < -0.3 is 10.5 Å². The van der Waals surface area contributed by atoms with Crippen molar-refractivity contribution in [2.45, 2.75) is 6.92 Å². The van der Waals surface area contributed by atoms with Crippen LogP contribution in [0, 0.1) is 12.7 Å². The lowest BCUT2D eigenvalue weighted by Crippen LogP contribution is -1.94. The van der Waals surface area contributed by atoms with E-state index in [2.05, 4.69) is 0 Å². The molecule has 0 spiro atoms. The molecule has 0 aliphatic heterocycles. The zero-order valence-corrected chi connectivity index (χ0v) is 9.96. The Hall–Kier alpha value is -1.74. The van der Waals surface area contributed by atoms with Crippen LogP contribution in [0.15, 0.2) is 36.4 Å². The van der Waals surface area contributed by atoms with Crippen LogP contribution in [-0.2, 0) is 0 Å². The number of benzene rings is 2. The van der Waals surface area contributed by atoms with Crippen molar-refractivity contribution in [1.82, 2.24) is 0 Å². The smallest absolute Gasteiger partial charge is 0.153 e. The highest BCUT2D eigenvalue weighted by molar-refractivity contribution is 6.30. The Kier molecular flexibility index (Phi) is 3.20. The first-order chi connectivity index (χ1) is 8.06. The fraction of sp³-hybridized carbons (Fsp3) is 0.0769. The third kappa shape index (κ3) is 2.68. The molecule has 0 saturated carbocycles. The molecule has 2 N–H and O–H groups in total. The van der Waals surface area contributed by atoms with Crippen molar-refractivity contribution in [2.24, 2.45) is 0 Å².